The molecule has 16 heavy (non-hydrogen) atoms. The molecule has 0 spiro atoms. The van der Waals surface area contributed by atoms with Crippen molar-refractivity contribution in [1.29, 1.82) is 0 Å². The molecule has 6 heteroatoms. The first-order valence-corrected chi connectivity index (χ1v) is 5.15. The van der Waals surface area contributed by atoms with Gasteiger partial charge in [0.15, 0.2) is 0 Å². The number of nitrogens with one attached hydrogen (secondary N) is 1. The van der Waals surface area contributed by atoms with Crippen LogP contribution in [0.5, 0.6) is 0 Å². The average Bonchev–Trinajstić information content (AvgIpc) is 2.23. The number of hydrogen-bond donors (Lipinski definition) is 2. The average molecular weight is 232 g/mol. The van der Waals surface area contributed by atoms with Gasteiger partial charge in [0.05, 0.1) is 0 Å². The molecule has 0 aliphatic heterocycles. The van der Waals surface area contributed by atoms with Crippen molar-refractivity contribution in [3.05, 3.63) is 0 Å². The normalized spacial score (nSPS) is 14.0. The summed E-state index contributed by atoms with van der Waals surface area (Å²) in [5.41, 5.74) is 0. The number of likely N-dealkylation sites (N-methyl/N-ethyl adjacent to an activating group) is 1. The van der Waals surface area contributed by atoms with Crippen LogP contribution in [-0.4, -0.2) is 54.9 Å². The van der Waals surface area contributed by atoms with Crippen LogP contribution in [0.1, 0.15) is 20.3 Å². The monoisotopic (exact) mass is 232 g/mol. The Morgan fingerprint density at radius 3 is 2.44 bits per heavy atom. The summed E-state index contributed by atoms with van der Waals surface area (Å²) in [6, 6.07) is -1.27. The van der Waals surface area contributed by atoms with Crippen LogP contribution in [0, 0.1) is 0 Å². The minimum atomic E-state index is -1.03. The van der Waals surface area contributed by atoms with Gasteiger partial charge in [0.25, 0.3) is 0 Å². The summed E-state index contributed by atoms with van der Waals surface area (Å²) >= 11 is 0. The standard InChI is InChI=1S/C10H20N2O4/c1-7(5-6-16-4)11-10(15)12(3)8(2)9(13)14/h7-8H,5-6H2,1-4H3,(H,11,15)(H,13,14). The lowest BCUT2D eigenvalue weighted by atomic mass is 10.2. The summed E-state index contributed by atoms with van der Waals surface area (Å²) < 4.78 is 4.88. The van der Waals surface area contributed by atoms with Crippen molar-refractivity contribution >= 4 is 12.0 Å². The molecule has 0 fully saturated rings. The predicted molar refractivity (Wildman–Crippen MR) is 59.3 cm³/mol. The van der Waals surface area contributed by atoms with Gasteiger partial charge in [-0.3, -0.25) is 0 Å². The highest BCUT2D eigenvalue weighted by atomic mass is 16.5. The lowest BCUT2D eigenvalue weighted by molar-refractivity contribution is -0.141. The molecule has 0 bridgehead atoms. The Balaban J connectivity index is 4.09. The number of carboxylic acid groups (broad SMARTS) is 1. The molecule has 0 aliphatic rings. The van der Waals surface area contributed by atoms with Gasteiger partial charge in [-0.15, -0.1) is 0 Å². The van der Waals surface area contributed by atoms with Crippen molar-refractivity contribution in [2.24, 2.45) is 0 Å². The van der Waals surface area contributed by atoms with Crippen LogP contribution >= 0.6 is 0 Å². The van der Waals surface area contributed by atoms with E-state index < -0.39 is 18.0 Å². The molecule has 2 amide bonds. The highest BCUT2D eigenvalue weighted by Gasteiger charge is 2.22. The Morgan fingerprint density at radius 1 is 1.44 bits per heavy atom. The van der Waals surface area contributed by atoms with Gasteiger partial charge in [-0.05, 0) is 20.3 Å². The molecule has 2 unspecified atom stereocenters. The maximum atomic E-state index is 11.6. The van der Waals surface area contributed by atoms with Crippen LogP contribution < -0.4 is 5.32 Å². The summed E-state index contributed by atoms with van der Waals surface area (Å²) in [7, 11) is 3.05. The number of hydrogen-bond acceptors (Lipinski definition) is 3. The van der Waals surface area contributed by atoms with Crippen LogP contribution in [0.4, 0.5) is 4.79 Å². The van der Waals surface area contributed by atoms with Gasteiger partial charge in [-0.2, -0.15) is 0 Å². The summed E-state index contributed by atoms with van der Waals surface area (Å²) in [6.07, 6.45) is 0.692. The Labute approximate surface area is 95.6 Å². The summed E-state index contributed by atoms with van der Waals surface area (Å²) in [5, 5.41) is 11.4. The van der Waals surface area contributed by atoms with Crippen molar-refractivity contribution in [2.45, 2.75) is 32.4 Å². The third-order valence-electron chi connectivity index (χ3n) is 2.38. The first-order valence-electron chi connectivity index (χ1n) is 5.15. The first-order chi connectivity index (χ1) is 7.40. The zero-order chi connectivity index (χ0) is 12.7. The maximum Gasteiger partial charge on any atom is 0.326 e. The molecule has 0 rings (SSSR count). The minimum Gasteiger partial charge on any atom is -0.480 e. The molecule has 0 heterocycles. The highest BCUT2D eigenvalue weighted by Crippen LogP contribution is 1.98. The molecular weight excluding hydrogens is 212 g/mol. The number of aliphatic carboxylic acids is 1. The zero-order valence-electron chi connectivity index (χ0n) is 10.2. The second kappa shape index (κ2) is 7.05. The number of ether oxygens (including phenoxy) is 1. The van der Waals surface area contributed by atoms with Crippen molar-refractivity contribution in [1.82, 2.24) is 10.2 Å². The second-order valence-electron chi connectivity index (χ2n) is 3.76. The zero-order valence-corrected chi connectivity index (χ0v) is 10.2. The fourth-order valence-electron chi connectivity index (χ4n) is 1.02. The summed E-state index contributed by atoms with van der Waals surface area (Å²) in [5.74, 6) is -1.03. The van der Waals surface area contributed by atoms with Gasteiger partial charge in [-0.1, -0.05) is 0 Å². The molecule has 0 radical (unpaired) electrons. The Bertz CT molecular complexity index is 245. The van der Waals surface area contributed by atoms with E-state index in [9.17, 15) is 9.59 Å². The largest absolute Gasteiger partial charge is 0.480 e. The van der Waals surface area contributed by atoms with Crippen LogP contribution in [0.25, 0.3) is 0 Å². The number of nitrogens with zero attached hydrogens (tertiary/aromatic N) is 1. The molecule has 0 aromatic carbocycles. The maximum absolute atomic E-state index is 11.6. The molecule has 6 nitrogen and oxygen atoms in total. The van der Waals surface area contributed by atoms with Crippen molar-refractivity contribution < 1.29 is 19.4 Å². The number of rotatable bonds is 6. The fraction of sp³-hybridized carbons (Fsp3) is 0.800. The van der Waals surface area contributed by atoms with Crippen molar-refractivity contribution in [2.75, 3.05) is 20.8 Å². The summed E-state index contributed by atoms with van der Waals surface area (Å²) in [4.78, 5) is 23.4. The van der Waals surface area contributed by atoms with Gasteiger partial charge in [0, 0.05) is 26.8 Å². The second-order valence-corrected chi connectivity index (χ2v) is 3.76. The number of urea groups is 1. The van der Waals surface area contributed by atoms with Gasteiger partial charge in [0.1, 0.15) is 6.04 Å². The van der Waals surface area contributed by atoms with Crippen LogP contribution in [-0.2, 0) is 9.53 Å². The molecular formula is C10H20N2O4. The van der Waals surface area contributed by atoms with E-state index in [-0.39, 0.29) is 6.04 Å². The molecule has 0 saturated heterocycles. The Hall–Kier alpha value is -1.30. The third kappa shape index (κ3) is 4.97. The fourth-order valence-corrected chi connectivity index (χ4v) is 1.02. The Morgan fingerprint density at radius 2 is 2.00 bits per heavy atom. The van der Waals surface area contributed by atoms with Crippen LogP contribution in [0.2, 0.25) is 0 Å². The minimum absolute atomic E-state index is 0.0455. The van der Waals surface area contributed by atoms with E-state index in [2.05, 4.69) is 5.32 Å². The van der Waals surface area contributed by atoms with E-state index in [1.165, 1.54) is 14.0 Å². The third-order valence-corrected chi connectivity index (χ3v) is 2.38. The number of methoxy groups -OCH3 is 1. The SMILES string of the molecule is COCCC(C)NC(=O)N(C)C(C)C(=O)O. The van der Waals surface area contributed by atoms with E-state index in [0.717, 1.165) is 4.90 Å². The van der Waals surface area contributed by atoms with E-state index in [4.69, 9.17) is 9.84 Å². The summed E-state index contributed by atoms with van der Waals surface area (Å²) in [6.45, 7) is 3.86. The predicted octanol–water partition coefficient (Wildman–Crippen LogP) is 0.526. The van der Waals surface area contributed by atoms with Gasteiger partial charge >= 0.3 is 12.0 Å². The van der Waals surface area contributed by atoms with Gasteiger partial charge < -0.3 is 20.1 Å². The van der Waals surface area contributed by atoms with E-state index in [1.54, 1.807) is 7.11 Å². The van der Waals surface area contributed by atoms with E-state index >= 15 is 0 Å². The first kappa shape index (κ1) is 14.7. The lowest BCUT2D eigenvalue weighted by Crippen LogP contribution is -2.48. The highest BCUT2D eigenvalue weighted by molar-refractivity contribution is 5.82. The molecule has 0 aliphatic carbocycles. The van der Waals surface area contributed by atoms with Crippen LogP contribution in [0.15, 0.2) is 0 Å². The van der Waals surface area contributed by atoms with Crippen molar-refractivity contribution in [3.8, 4) is 0 Å². The van der Waals surface area contributed by atoms with E-state index in [0.29, 0.717) is 13.0 Å². The topological polar surface area (TPSA) is 78.9 Å². The van der Waals surface area contributed by atoms with Crippen LogP contribution in [0.3, 0.4) is 0 Å². The number of amides is 2. The number of carbonyl (C=O) groups excluding carboxylic acids is 1. The molecule has 0 saturated carbocycles. The van der Waals surface area contributed by atoms with E-state index in [1.807, 2.05) is 6.92 Å². The van der Waals surface area contributed by atoms with Crippen molar-refractivity contribution in [3.63, 3.8) is 0 Å². The smallest absolute Gasteiger partial charge is 0.326 e. The van der Waals surface area contributed by atoms with Gasteiger partial charge in [0.2, 0.25) is 0 Å². The molecule has 0 aromatic heterocycles. The van der Waals surface area contributed by atoms with Gasteiger partial charge in [-0.25, -0.2) is 9.59 Å². The molecule has 2 N–H and O–H groups in total. The molecule has 0 aromatic rings. The quantitative estimate of drug-likeness (QED) is 0.700. The molecule has 2 atom stereocenters. The lowest BCUT2D eigenvalue weighted by Gasteiger charge is -2.24. The Kier molecular flexibility index (Phi) is 6.48. The number of carboxylic acids is 1. The number of carbonyl (C=O) groups is 2. The molecule has 94 valence electrons.